The van der Waals surface area contributed by atoms with Gasteiger partial charge in [0.05, 0.1) is 0 Å². The number of hydrogen-bond donors (Lipinski definition) is 1. The number of piperidine rings is 1. The van der Waals surface area contributed by atoms with E-state index in [9.17, 15) is 0 Å². The first-order chi connectivity index (χ1) is 9.18. The van der Waals surface area contributed by atoms with Gasteiger partial charge in [-0.2, -0.15) is 11.8 Å². The molecule has 0 aromatic carbocycles. The predicted molar refractivity (Wildman–Crippen MR) is 87.0 cm³/mol. The highest BCUT2D eigenvalue weighted by molar-refractivity contribution is 8.00. The van der Waals surface area contributed by atoms with E-state index in [4.69, 9.17) is 0 Å². The van der Waals surface area contributed by atoms with E-state index < -0.39 is 0 Å². The van der Waals surface area contributed by atoms with Crippen molar-refractivity contribution in [2.24, 2.45) is 0 Å². The van der Waals surface area contributed by atoms with E-state index in [1.807, 2.05) is 0 Å². The first-order valence-electron chi connectivity index (χ1n) is 8.22. The third kappa shape index (κ3) is 3.30. The second-order valence-electron chi connectivity index (χ2n) is 6.38. The van der Waals surface area contributed by atoms with Gasteiger partial charge in [-0.3, -0.25) is 4.90 Å². The number of thioether (sulfide) groups is 1. The molecule has 2 aliphatic rings. The Balaban J connectivity index is 1.99. The average molecular weight is 285 g/mol. The van der Waals surface area contributed by atoms with Crippen LogP contribution in [0.5, 0.6) is 0 Å². The third-order valence-corrected chi connectivity index (χ3v) is 7.14. The Bertz CT molecular complexity index is 256. The van der Waals surface area contributed by atoms with Crippen LogP contribution in [0.15, 0.2) is 0 Å². The quantitative estimate of drug-likeness (QED) is 0.770. The molecule has 0 aromatic rings. The van der Waals surface area contributed by atoms with E-state index in [1.165, 1.54) is 45.1 Å². The van der Waals surface area contributed by atoms with Gasteiger partial charge in [0.25, 0.3) is 0 Å². The smallest absolute Gasteiger partial charge is 0.0279 e. The fourth-order valence-corrected chi connectivity index (χ4v) is 5.00. The highest BCUT2D eigenvalue weighted by Crippen LogP contribution is 2.40. The van der Waals surface area contributed by atoms with Gasteiger partial charge in [-0.15, -0.1) is 0 Å². The Morgan fingerprint density at radius 3 is 2.11 bits per heavy atom. The number of hydrogen-bond acceptors (Lipinski definition) is 3. The van der Waals surface area contributed by atoms with Crippen LogP contribution in [0.2, 0.25) is 0 Å². The van der Waals surface area contributed by atoms with Crippen LogP contribution in [0.25, 0.3) is 0 Å². The fourth-order valence-electron chi connectivity index (χ4n) is 4.15. The molecule has 2 bridgehead atoms. The highest BCUT2D eigenvalue weighted by Gasteiger charge is 2.43. The molecular formula is C16H32N2S. The van der Waals surface area contributed by atoms with Crippen LogP contribution in [0.1, 0.15) is 59.3 Å². The van der Waals surface area contributed by atoms with E-state index in [0.717, 1.165) is 24.7 Å². The molecule has 2 rings (SSSR count). The third-order valence-electron chi connectivity index (χ3n) is 5.57. The first-order valence-corrected chi connectivity index (χ1v) is 9.44. The normalized spacial score (nSPS) is 31.9. The average Bonchev–Trinajstić information content (AvgIpc) is 2.66. The maximum absolute atomic E-state index is 3.68. The summed E-state index contributed by atoms with van der Waals surface area (Å²) in [7, 11) is 0. The van der Waals surface area contributed by atoms with Crippen molar-refractivity contribution >= 4 is 11.8 Å². The molecule has 2 saturated heterocycles. The molecule has 0 radical (unpaired) electrons. The van der Waals surface area contributed by atoms with Crippen molar-refractivity contribution in [3.63, 3.8) is 0 Å². The molecule has 2 aliphatic heterocycles. The number of rotatable bonds is 7. The van der Waals surface area contributed by atoms with Crippen LogP contribution in [0.4, 0.5) is 0 Å². The van der Waals surface area contributed by atoms with Gasteiger partial charge in [0.1, 0.15) is 0 Å². The van der Waals surface area contributed by atoms with E-state index in [2.05, 4.69) is 49.0 Å². The lowest BCUT2D eigenvalue weighted by Crippen LogP contribution is -2.53. The molecule has 2 nitrogen and oxygen atoms in total. The molecule has 1 N–H and O–H groups in total. The minimum Gasteiger partial charge on any atom is -0.314 e. The predicted octanol–water partition coefficient (Wildman–Crippen LogP) is 3.51. The molecule has 0 aromatic heterocycles. The van der Waals surface area contributed by atoms with Crippen LogP contribution < -0.4 is 5.32 Å². The van der Waals surface area contributed by atoms with Crippen LogP contribution >= 0.6 is 11.8 Å². The summed E-state index contributed by atoms with van der Waals surface area (Å²) in [5, 5.41) is 3.68. The van der Waals surface area contributed by atoms with Crippen molar-refractivity contribution in [1.82, 2.24) is 10.2 Å². The summed E-state index contributed by atoms with van der Waals surface area (Å²) in [5.74, 6) is 0. The second kappa shape index (κ2) is 6.82. The summed E-state index contributed by atoms with van der Waals surface area (Å²) in [6, 6.07) is 2.49. The minimum absolute atomic E-state index is 0.492. The molecule has 19 heavy (non-hydrogen) atoms. The fraction of sp³-hybridized carbons (Fsp3) is 1.00. The number of fused-ring (bicyclic) bond motifs is 2. The molecule has 0 saturated carbocycles. The highest BCUT2D eigenvalue weighted by atomic mass is 32.2. The SMILES string of the molecule is CCNC1CC2CCC(C1)N2CC(CC)(CC)SC. The monoisotopic (exact) mass is 284 g/mol. The molecule has 0 amide bonds. The zero-order valence-electron chi connectivity index (χ0n) is 13.2. The lowest BCUT2D eigenvalue weighted by molar-refractivity contribution is 0.103. The first kappa shape index (κ1) is 15.7. The van der Waals surface area contributed by atoms with E-state index >= 15 is 0 Å². The van der Waals surface area contributed by atoms with Gasteiger partial charge in [0.15, 0.2) is 0 Å². The van der Waals surface area contributed by atoms with Gasteiger partial charge in [0, 0.05) is 29.4 Å². The lowest BCUT2D eigenvalue weighted by Gasteiger charge is -2.44. The Hall–Kier alpha value is 0.270. The van der Waals surface area contributed by atoms with E-state index in [-0.39, 0.29) is 0 Å². The Labute approximate surface area is 124 Å². The maximum atomic E-state index is 3.68. The standard InChI is InChI=1S/C16H32N2S/c1-5-16(6-2,19-4)12-18-14-8-9-15(18)11-13(10-14)17-7-3/h13-15,17H,5-12H2,1-4H3. The van der Waals surface area contributed by atoms with Gasteiger partial charge < -0.3 is 5.32 Å². The van der Waals surface area contributed by atoms with Gasteiger partial charge in [-0.25, -0.2) is 0 Å². The Morgan fingerprint density at radius 1 is 1.11 bits per heavy atom. The van der Waals surface area contributed by atoms with Crippen molar-refractivity contribution in [1.29, 1.82) is 0 Å². The van der Waals surface area contributed by atoms with Crippen molar-refractivity contribution in [3.05, 3.63) is 0 Å². The van der Waals surface area contributed by atoms with Crippen molar-refractivity contribution in [3.8, 4) is 0 Å². The van der Waals surface area contributed by atoms with Crippen molar-refractivity contribution in [2.45, 2.75) is 82.2 Å². The summed E-state index contributed by atoms with van der Waals surface area (Å²) < 4.78 is 0.492. The minimum atomic E-state index is 0.492. The van der Waals surface area contributed by atoms with Crippen LogP contribution in [0, 0.1) is 0 Å². The molecule has 2 heterocycles. The van der Waals surface area contributed by atoms with Gasteiger partial charge >= 0.3 is 0 Å². The lowest BCUT2D eigenvalue weighted by atomic mass is 9.93. The molecular weight excluding hydrogens is 252 g/mol. The van der Waals surface area contributed by atoms with Crippen LogP contribution in [-0.2, 0) is 0 Å². The topological polar surface area (TPSA) is 15.3 Å². The zero-order valence-corrected chi connectivity index (χ0v) is 14.1. The molecule has 2 fully saturated rings. The Kier molecular flexibility index (Phi) is 5.62. The molecule has 3 heteroatoms. The molecule has 2 atom stereocenters. The van der Waals surface area contributed by atoms with E-state index in [1.54, 1.807) is 0 Å². The summed E-state index contributed by atoms with van der Waals surface area (Å²) in [6.07, 6.45) is 10.5. The van der Waals surface area contributed by atoms with Crippen molar-refractivity contribution in [2.75, 3.05) is 19.3 Å². The maximum Gasteiger partial charge on any atom is 0.0279 e. The summed E-state index contributed by atoms with van der Waals surface area (Å²) in [6.45, 7) is 9.42. The molecule has 0 spiro atoms. The van der Waals surface area contributed by atoms with Crippen molar-refractivity contribution < 1.29 is 0 Å². The number of nitrogens with zero attached hydrogens (tertiary/aromatic N) is 1. The summed E-state index contributed by atoms with van der Waals surface area (Å²) in [4.78, 5) is 2.87. The summed E-state index contributed by atoms with van der Waals surface area (Å²) in [5.41, 5.74) is 0. The largest absolute Gasteiger partial charge is 0.314 e. The Morgan fingerprint density at radius 2 is 1.68 bits per heavy atom. The van der Waals surface area contributed by atoms with Crippen LogP contribution in [0.3, 0.4) is 0 Å². The van der Waals surface area contributed by atoms with Gasteiger partial charge in [0.2, 0.25) is 0 Å². The van der Waals surface area contributed by atoms with Crippen LogP contribution in [-0.4, -0.2) is 47.1 Å². The zero-order chi connectivity index (χ0) is 13.9. The number of nitrogens with one attached hydrogen (secondary N) is 1. The molecule has 0 aliphatic carbocycles. The molecule has 2 unspecified atom stereocenters. The van der Waals surface area contributed by atoms with Gasteiger partial charge in [-0.1, -0.05) is 20.8 Å². The van der Waals surface area contributed by atoms with E-state index in [0.29, 0.717) is 4.75 Å². The molecule has 112 valence electrons. The second-order valence-corrected chi connectivity index (χ2v) is 7.65. The van der Waals surface area contributed by atoms with Gasteiger partial charge in [-0.05, 0) is 51.3 Å². The summed E-state index contributed by atoms with van der Waals surface area (Å²) >= 11 is 2.10.